The van der Waals surface area contributed by atoms with Crippen LogP contribution in [0.15, 0.2) is 48.5 Å². The van der Waals surface area contributed by atoms with Gasteiger partial charge in [0.25, 0.3) is 0 Å². The van der Waals surface area contributed by atoms with Gasteiger partial charge in [-0.15, -0.1) is 0 Å². The molecule has 1 atom stereocenters. The average molecular weight is 405 g/mol. The molecular formula is C19H14Cl2N2O4. The summed E-state index contributed by atoms with van der Waals surface area (Å²) in [5, 5.41) is 22.8. The molecule has 0 spiro atoms. The van der Waals surface area contributed by atoms with Gasteiger partial charge in [-0.1, -0.05) is 53.5 Å². The van der Waals surface area contributed by atoms with Crippen molar-refractivity contribution in [3.63, 3.8) is 0 Å². The van der Waals surface area contributed by atoms with E-state index in [2.05, 4.69) is 10.3 Å². The Balaban J connectivity index is 2.02. The van der Waals surface area contributed by atoms with Crippen LogP contribution in [-0.2, 0) is 11.2 Å². The SMILES string of the molecule is O=C(O)c1cc2cc(Cl)c(Cl)cc2nc1NC(Cc1ccccc1)C(=O)O. The van der Waals surface area contributed by atoms with Crippen LogP contribution in [0.2, 0.25) is 10.0 Å². The van der Waals surface area contributed by atoms with Crippen LogP contribution in [0.3, 0.4) is 0 Å². The number of pyridine rings is 1. The molecule has 0 radical (unpaired) electrons. The third-order valence-corrected chi connectivity index (χ3v) is 4.70. The maximum absolute atomic E-state index is 11.7. The van der Waals surface area contributed by atoms with Crippen molar-refractivity contribution in [2.45, 2.75) is 12.5 Å². The molecule has 3 aromatic rings. The Kier molecular flexibility index (Phi) is 5.48. The summed E-state index contributed by atoms with van der Waals surface area (Å²) in [5.41, 5.74) is 1.05. The smallest absolute Gasteiger partial charge is 0.339 e. The van der Waals surface area contributed by atoms with E-state index < -0.39 is 18.0 Å². The number of aromatic carboxylic acids is 1. The molecule has 6 nitrogen and oxygen atoms in total. The topological polar surface area (TPSA) is 99.5 Å². The van der Waals surface area contributed by atoms with Gasteiger partial charge in [-0.05, 0) is 23.8 Å². The monoisotopic (exact) mass is 404 g/mol. The first-order valence-corrected chi connectivity index (χ1v) is 8.67. The highest BCUT2D eigenvalue weighted by molar-refractivity contribution is 6.42. The quantitative estimate of drug-likeness (QED) is 0.564. The Bertz CT molecular complexity index is 1030. The third kappa shape index (κ3) is 4.30. The molecule has 0 saturated carbocycles. The van der Waals surface area contributed by atoms with Gasteiger partial charge in [0, 0.05) is 11.8 Å². The van der Waals surface area contributed by atoms with Gasteiger partial charge >= 0.3 is 11.9 Å². The van der Waals surface area contributed by atoms with Crippen LogP contribution in [0.4, 0.5) is 5.82 Å². The van der Waals surface area contributed by atoms with Crippen LogP contribution in [-0.4, -0.2) is 33.2 Å². The maximum Gasteiger partial charge on any atom is 0.339 e. The Morgan fingerprint density at radius 1 is 1.04 bits per heavy atom. The van der Waals surface area contributed by atoms with Crippen LogP contribution < -0.4 is 5.32 Å². The van der Waals surface area contributed by atoms with Crippen LogP contribution in [0.1, 0.15) is 15.9 Å². The fourth-order valence-electron chi connectivity index (χ4n) is 2.66. The maximum atomic E-state index is 11.7. The van der Waals surface area contributed by atoms with E-state index in [1.165, 1.54) is 18.2 Å². The molecule has 0 fully saturated rings. The number of carboxylic acid groups (broad SMARTS) is 2. The number of halogens is 2. The van der Waals surface area contributed by atoms with Crippen molar-refractivity contribution in [2.75, 3.05) is 5.32 Å². The van der Waals surface area contributed by atoms with Gasteiger partial charge in [0.05, 0.1) is 15.6 Å². The first kappa shape index (κ1) is 18.9. The van der Waals surface area contributed by atoms with E-state index in [9.17, 15) is 19.8 Å². The van der Waals surface area contributed by atoms with Crippen LogP contribution in [0.5, 0.6) is 0 Å². The molecule has 0 amide bonds. The molecule has 1 aromatic heterocycles. The zero-order chi connectivity index (χ0) is 19.6. The van der Waals surface area contributed by atoms with E-state index in [0.717, 1.165) is 5.56 Å². The molecule has 1 unspecified atom stereocenters. The highest BCUT2D eigenvalue weighted by Crippen LogP contribution is 2.29. The van der Waals surface area contributed by atoms with Gasteiger partial charge in [-0.25, -0.2) is 14.6 Å². The van der Waals surface area contributed by atoms with Crippen molar-refractivity contribution in [2.24, 2.45) is 0 Å². The average Bonchev–Trinajstić information content (AvgIpc) is 2.62. The second kappa shape index (κ2) is 7.82. The minimum absolute atomic E-state index is 0.0447. The number of aromatic nitrogens is 1. The summed E-state index contributed by atoms with van der Waals surface area (Å²) < 4.78 is 0. The number of benzene rings is 2. The number of nitrogens with one attached hydrogen (secondary N) is 1. The number of carboxylic acids is 2. The van der Waals surface area contributed by atoms with Gasteiger partial charge in [0.1, 0.15) is 17.4 Å². The standard InChI is InChI=1S/C19H14Cl2N2O4/c20-13-8-11-7-12(18(24)25)17(22-15(11)9-14(13)21)23-16(19(26)27)6-10-4-2-1-3-5-10/h1-5,7-9,16H,6H2,(H,22,23)(H,24,25)(H,26,27). The summed E-state index contributed by atoms with van der Waals surface area (Å²) in [6.07, 6.45) is 0.163. The van der Waals surface area contributed by atoms with Crippen molar-refractivity contribution < 1.29 is 19.8 Å². The molecule has 0 saturated heterocycles. The highest BCUT2D eigenvalue weighted by Gasteiger charge is 2.22. The molecule has 0 aliphatic heterocycles. The minimum atomic E-state index is -1.23. The van der Waals surface area contributed by atoms with Gasteiger partial charge in [0.15, 0.2) is 0 Å². The lowest BCUT2D eigenvalue weighted by molar-refractivity contribution is -0.137. The van der Waals surface area contributed by atoms with E-state index in [-0.39, 0.29) is 27.8 Å². The van der Waals surface area contributed by atoms with Gasteiger partial charge in [-0.2, -0.15) is 0 Å². The predicted molar refractivity (Wildman–Crippen MR) is 104 cm³/mol. The number of carbonyl (C=O) groups is 2. The lowest BCUT2D eigenvalue weighted by atomic mass is 10.1. The summed E-state index contributed by atoms with van der Waals surface area (Å²) in [6, 6.07) is 12.4. The summed E-state index contributed by atoms with van der Waals surface area (Å²) in [4.78, 5) is 27.6. The van der Waals surface area contributed by atoms with E-state index >= 15 is 0 Å². The Morgan fingerprint density at radius 3 is 2.33 bits per heavy atom. The van der Waals surface area contributed by atoms with Crippen molar-refractivity contribution in [1.82, 2.24) is 4.98 Å². The number of aliphatic carboxylic acids is 1. The number of fused-ring (bicyclic) bond motifs is 1. The number of hydrogen-bond donors (Lipinski definition) is 3. The van der Waals surface area contributed by atoms with Crippen LogP contribution >= 0.6 is 23.2 Å². The Hall–Kier alpha value is -2.83. The van der Waals surface area contributed by atoms with Gasteiger partial charge in [-0.3, -0.25) is 0 Å². The highest BCUT2D eigenvalue weighted by atomic mass is 35.5. The summed E-state index contributed by atoms with van der Waals surface area (Å²) in [7, 11) is 0. The van der Waals surface area contributed by atoms with E-state index in [0.29, 0.717) is 10.9 Å². The fourth-order valence-corrected chi connectivity index (χ4v) is 2.99. The largest absolute Gasteiger partial charge is 0.480 e. The molecule has 0 aliphatic rings. The molecule has 8 heteroatoms. The van der Waals surface area contributed by atoms with Gasteiger partial charge < -0.3 is 15.5 Å². The molecule has 0 bridgehead atoms. The van der Waals surface area contributed by atoms with Crippen LogP contribution in [0.25, 0.3) is 10.9 Å². The second-order valence-electron chi connectivity index (χ2n) is 5.87. The normalized spacial score (nSPS) is 11.9. The molecule has 1 heterocycles. The van der Waals surface area contributed by atoms with E-state index in [1.807, 2.05) is 6.07 Å². The lowest BCUT2D eigenvalue weighted by Gasteiger charge is -2.17. The van der Waals surface area contributed by atoms with E-state index in [1.54, 1.807) is 24.3 Å². The first-order chi connectivity index (χ1) is 12.8. The summed E-state index contributed by atoms with van der Waals surface area (Å²) in [5.74, 6) is -2.40. The fraction of sp³-hybridized carbons (Fsp3) is 0.105. The molecule has 3 N–H and O–H groups in total. The third-order valence-electron chi connectivity index (χ3n) is 3.98. The summed E-state index contributed by atoms with van der Waals surface area (Å²) >= 11 is 12.0. The molecule has 138 valence electrons. The Labute approximate surface area is 164 Å². The van der Waals surface area contributed by atoms with Gasteiger partial charge in [0.2, 0.25) is 0 Å². The molecular weight excluding hydrogens is 391 g/mol. The molecule has 0 aliphatic carbocycles. The second-order valence-corrected chi connectivity index (χ2v) is 6.69. The zero-order valence-electron chi connectivity index (χ0n) is 13.8. The number of hydrogen-bond acceptors (Lipinski definition) is 4. The number of rotatable bonds is 6. The predicted octanol–water partition coefficient (Wildman–Crippen LogP) is 4.35. The number of anilines is 1. The molecule has 27 heavy (non-hydrogen) atoms. The number of nitrogens with zero attached hydrogens (tertiary/aromatic N) is 1. The molecule has 3 rings (SSSR count). The van der Waals surface area contributed by atoms with Crippen LogP contribution in [0, 0.1) is 0 Å². The summed E-state index contributed by atoms with van der Waals surface area (Å²) in [6.45, 7) is 0. The molecule has 2 aromatic carbocycles. The lowest BCUT2D eigenvalue weighted by Crippen LogP contribution is -2.32. The van der Waals surface area contributed by atoms with E-state index in [4.69, 9.17) is 23.2 Å². The minimum Gasteiger partial charge on any atom is -0.480 e. The van der Waals surface area contributed by atoms with Crippen molar-refractivity contribution in [3.05, 3.63) is 69.7 Å². The Morgan fingerprint density at radius 2 is 1.70 bits per heavy atom. The van der Waals surface area contributed by atoms with Crippen molar-refractivity contribution in [1.29, 1.82) is 0 Å². The van der Waals surface area contributed by atoms with Crippen molar-refractivity contribution >= 4 is 51.9 Å². The van der Waals surface area contributed by atoms with Crippen molar-refractivity contribution in [3.8, 4) is 0 Å². The zero-order valence-corrected chi connectivity index (χ0v) is 15.3. The first-order valence-electron chi connectivity index (χ1n) is 7.91.